The predicted octanol–water partition coefficient (Wildman–Crippen LogP) is -1.11. The number of hydrogen-bond donors (Lipinski definition) is 0. The van der Waals surface area contributed by atoms with E-state index in [9.17, 15) is 14.7 Å². The first kappa shape index (κ1) is 12.6. The smallest absolute Gasteiger partial charge is 0.337 e. The molecule has 0 radical (unpaired) electrons. The highest BCUT2D eigenvalue weighted by Gasteiger charge is 2.17. The number of ether oxygens (including phenoxy) is 1. The van der Waals surface area contributed by atoms with Crippen LogP contribution in [-0.4, -0.2) is 43.8 Å². The molecule has 0 N–H and O–H groups in total. The first-order valence-corrected chi connectivity index (χ1v) is 4.09. The summed E-state index contributed by atoms with van der Waals surface area (Å²) in [5.41, 5.74) is 0.290. The van der Waals surface area contributed by atoms with E-state index in [2.05, 4.69) is 6.58 Å². The molecule has 0 aliphatic rings. The van der Waals surface area contributed by atoms with E-state index >= 15 is 0 Å². The molecule has 0 amide bonds. The van der Waals surface area contributed by atoms with Crippen molar-refractivity contribution in [1.82, 2.24) is 0 Å². The van der Waals surface area contributed by atoms with Crippen molar-refractivity contribution in [3.63, 3.8) is 0 Å². The van der Waals surface area contributed by atoms with E-state index < -0.39 is 11.9 Å². The summed E-state index contributed by atoms with van der Waals surface area (Å²) in [5.74, 6) is -1.70. The van der Waals surface area contributed by atoms with E-state index in [0.29, 0.717) is 5.57 Å². The lowest BCUT2D eigenvalue weighted by Gasteiger charge is -2.28. The number of carboxylic acid groups (broad SMARTS) is 1. The molecule has 0 saturated heterocycles. The minimum atomic E-state index is -1.18. The number of aliphatic carboxylic acids is 1. The summed E-state index contributed by atoms with van der Waals surface area (Å²) in [4.78, 5) is 21.3. The van der Waals surface area contributed by atoms with Crippen LogP contribution in [0.3, 0.4) is 0 Å². The molecule has 0 rings (SSSR count). The van der Waals surface area contributed by atoms with Gasteiger partial charge >= 0.3 is 5.97 Å². The number of likely N-dealkylation sites (N-methyl/N-ethyl adjacent to an activating group) is 1. The van der Waals surface area contributed by atoms with Gasteiger partial charge < -0.3 is 14.6 Å². The van der Waals surface area contributed by atoms with E-state index in [1.165, 1.54) is 6.92 Å². The standard InChI is InChI=1S/C9H15NO4/c1-7(2)9(13)14-6-10(3,4)5-8(11)12/h1,5-6H2,2-4H3. The minimum absolute atomic E-state index is 0.0142. The Morgan fingerprint density at radius 1 is 1.43 bits per heavy atom. The van der Waals surface area contributed by atoms with Crippen molar-refractivity contribution in [2.45, 2.75) is 6.92 Å². The molecule has 0 aromatic carbocycles. The van der Waals surface area contributed by atoms with E-state index in [-0.39, 0.29) is 17.8 Å². The third kappa shape index (κ3) is 5.31. The van der Waals surface area contributed by atoms with Crippen LogP contribution >= 0.6 is 0 Å². The fourth-order valence-corrected chi connectivity index (χ4v) is 0.752. The maximum atomic E-state index is 11.0. The number of carbonyl (C=O) groups is 2. The number of esters is 1. The average Bonchev–Trinajstić information content (AvgIpc) is 1.97. The Balaban J connectivity index is 4.05. The van der Waals surface area contributed by atoms with Gasteiger partial charge in [0.25, 0.3) is 0 Å². The van der Waals surface area contributed by atoms with Crippen LogP contribution in [0, 0.1) is 0 Å². The molecule has 80 valence electrons. The number of carboxylic acids is 1. The Kier molecular flexibility index (Phi) is 4.30. The summed E-state index contributed by atoms with van der Waals surface area (Å²) >= 11 is 0. The second kappa shape index (κ2) is 4.76. The highest BCUT2D eigenvalue weighted by molar-refractivity contribution is 5.86. The number of rotatable bonds is 5. The monoisotopic (exact) mass is 201 g/mol. The number of nitrogens with zero attached hydrogens (tertiary/aromatic N) is 1. The van der Waals surface area contributed by atoms with Crippen LogP contribution in [0.5, 0.6) is 0 Å². The maximum Gasteiger partial charge on any atom is 0.337 e. The number of quaternary nitrogens is 1. The fourth-order valence-electron chi connectivity index (χ4n) is 0.752. The summed E-state index contributed by atoms with van der Waals surface area (Å²) in [6.45, 7) is 4.72. The number of carbonyl (C=O) groups excluding carboxylic acids is 2. The van der Waals surface area contributed by atoms with E-state index in [4.69, 9.17) is 4.74 Å². The Labute approximate surface area is 83.2 Å². The van der Waals surface area contributed by atoms with E-state index in [1.54, 1.807) is 14.1 Å². The molecule has 5 nitrogen and oxygen atoms in total. The molecule has 0 aromatic heterocycles. The van der Waals surface area contributed by atoms with Crippen LogP contribution in [0.4, 0.5) is 0 Å². The lowest BCUT2D eigenvalue weighted by atomic mass is 10.4. The van der Waals surface area contributed by atoms with Crippen molar-refractivity contribution in [3.8, 4) is 0 Å². The van der Waals surface area contributed by atoms with E-state index in [0.717, 1.165) is 0 Å². The third-order valence-corrected chi connectivity index (χ3v) is 1.45. The molecule has 0 aliphatic carbocycles. The van der Waals surface area contributed by atoms with Gasteiger partial charge in [0.2, 0.25) is 6.73 Å². The van der Waals surface area contributed by atoms with Crippen molar-refractivity contribution in [2.75, 3.05) is 27.4 Å². The normalized spacial score (nSPS) is 10.8. The van der Waals surface area contributed by atoms with Crippen LogP contribution in [0.25, 0.3) is 0 Å². The molecule has 0 heterocycles. The molecule has 5 heteroatoms. The molecule has 0 spiro atoms. The molecular weight excluding hydrogens is 186 g/mol. The Morgan fingerprint density at radius 3 is 2.29 bits per heavy atom. The van der Waals surface area contributed by atoms with Gasteiger partial charge in [-0.3, -0.25) is 4.48 Å². The van der Waals surface area contributed by atoms with Gasteiger partial charge in [-0.25, -0.2) is 4.79 Å². The molecule has 0 bridgehead atoms. The summed E-state index contributed by atoms with van der Waals surface area (Å²) in [6.07, 6.45) is 0. The minimum Gasteiger partial charge on any atom is -0.544 e. The summed E-state index contributed by atoms with van der Waals surface area (Å²) in [7, 11) is 3.25. The largest absolute Gasteiger partial charge is 0.544 e. The van der Waals surface area contributed by atoms with Gasteiger partial charge in [0.1, 0.15) is 6.54 Å². The predicted molar refractivity (Wildman–Crippen MR) is 47.8 cm³/mol. The topological polar surface area (TPSA) is 66.4 Å². The van der Waals surface area contributed by atoms with Crippen molar-refractivity contribution >= 4 is 11.9 Å². The lowest BCUT2D eigenvalue weighted by molar-refractivity contribution is -0.901. The van der Waals surface area contributed by atoms with Gasteiger partial charge in [-0.15, -0.1) is 0 Å². The Morgan fingerprint density at radius 2 is 1.93 bits per heavy atom. The molecule has 0 fully saturated rings. The third-order valence-electron chi connectivity index (χ3n) is 1.45. The Hall–Kier alpha value is -1.36. The molecule has 0 unspecified atom stereocenters. The van der Waals surface area contributed by atoms with Crippen LogP contribution in [-0.2, 0) is 14.3 Å². The van der Waals surface area contributed by atoms with Crippen molar-refractivity contribution in [3.05, 3.63) is 12.2 Å². The van der Waals surface area contributed by atoms with Crippen molar-refractivity contribution in [1.29, 1.82) is 0 Å². The summed E-state index contributed by atoms with van der Waals surface area (Å²) < 4.78 is 4.84. The van der Waals surface area contributed by atoms with E-state index in [1.807, 2.05) is 0 Å². The lowest BCUT2D eigenvalue weighted by Crippen LogP contribution is -2.49. The van der Waals surface area contributed by atoms with Crippen molar-refractivity contribution < 1.29 is 23.9 Å². The first-order chi connectivity index (χ1) is 6.24. The first-order valence-electron chi connectivity index (χ1n) is 4.09. The van der Waals surface area contributed by atoms with Gasteiger partial charge in [-0.1, -0.05) is 6.58 Å². The maximum absolute atomic E-state index is 11.0. The van der Waals surface area contributed by atoms with Crippen LogP contribution in [0.1, 0.15) is 6.92 Å². The zero-order valence-electron chi connectivity index (χ0n) is 8.70. The quantitative estimate of drug-likeness (QED) is 0.245. The zero-order valence-corrected chi connectivity index (χ0v) is 8.70. The molecular formula is C9H15NO4. The Bertz CT molecular complexity index is 258. The molecule has 14 heavy (non-hydrogen) atoms. The molecule has 0 atom stereocenters. The zero-order chi connectivity index (χ0) is 11.4. The van der Waals surface area contributed by atoms with Gasteiger partial charge in [0, 0.05) is 5.57 Å². The average molecular weight is 201 g/mol. The highest BCUT2D eigenvalue weighted by atomic mass is 16.5. The highest BCUT2D eigenvalue weighted by Crippen LogP contribution is 1.99. The second-order valence-electron chi connectivity index (χ2n) is 3.81. The van der Waals surface area contributed by atoms with Gasteiger partial charge in [-0.05, 0) is 6.92 Å². The van der Waals surface area contributed by atoms with Gasteiger partial charge in [0.05, 0.1) is 20.1 Å². The number of hydrogen-bond acceptors (Lipinski definition) is 4. The van der Waals surface area contributed by atoms with Crippen LogP contribution in [0.2, 0.25) is 0 Å². The second-order valence-corrected chi connectivity index (χ2v) is 3.81. The van der Waals surface area contributed by atoms with Crippen LogP contribution in [0.15, 0.2) is 12.2 Å². The SMILES string of the molecule is C=C(C)C(=O)OC[N+](C)(C)CC(=O)[O-]. The fraction of sp³-hybridized carbons (Fsp3) is 0.556. The van der Waals surface area contributed by atoms with Crippen molar-refractivity contribution in [2.24, 2.45) is 0 Å². The summed E-state index contributed by atoms with van der Waals surface area (Å²) in [6, 6.07) is 0. The summed E-state index contributed by atoms with van der Waals surface area (Å²) in [5, 5.41) is 10.3. The van der Waals surface area contributed by atoms with Gasteiger partial charge in [0.15, 0.2) is 0 Å². The molecule has 0 aliphatic heterocycles. The van der Waals surface area contributed by atoms with Crippen LogP contribution < -0.4 is 5.11 Å². The molecule has 0 saturated carbocycles. The molecule has 0 aromatic rings. The van der Waals surface area contributed by atoms with Gasteiger partial charge in [-0.2, -0.15) is 0 Å².